The predicted molar refractivity (Wildman–Crippen MR) is 109 cm³/mol. The van der Waals surface area contributed by atoms with Crippen LogP contribution in [-0.2, 0) is 13.1 Å². The van der Waals surface area contributed by atoms with Gasteiger partial charge in [-0.3, -0.25) is 4.98 Å². The molecule has 0 atom stereocenters. The van der Waals surface area contributed by atoms with Gasteiger partial charge in [-0.15, -0.1) is 0 Å². The average molecular weight is 355 g/mol. The number of quaternary nitrogens is 1. The van der Waals surface area contributed by atoms with E-state index in [1.807, 2.05) is 30.6 Å². The lowest BCUT2D eigenvalue weighted by Gasteiger charge is -2.12. The maximum atomic E-state index is 9.94. The third-order valence-electron chi connectivity index (χ3n) is 5.06. The molecule has 0 bridgehead atoms. The van der Waals surface area contributed by atoms with Crippen LogP contribution in [0.1, 0.15) is 16.7 Å². The lowest BCUT2D eigenvalue weighted by molar-refractivity contribution is -0.686. The Hall–Kier alpha value is -3.17. The fraction of sp³-hybridized carbons (Fsp3) is 0.125. The van der Waals surface area contributed by atoms with Crippen LogP contribution in [0.2, 0.25) is 0 Å². The monoisotopic (exact) mass is 355 g/mol. The number of aryl methyl sites for hydroxylation is 1. The molecule has 134 valence electrons. The number of phenols is 1. The van der Waals surface area contributed by atoms with E-state index in [1.165, 1.54) is 33.0 Å². The molecule has 0 fully saturated rings. The number of hydrogen-bond acceptors (Lipinski definition) is 2. The highest BCUT2D eigenvalue weighted by atomic mass is 16.3. The van der Waals surface area contributed by atoms with Crippen molar-refractivity contribution in [2.24, 2.45) is 0 Å². The summed E-state index contributed by atoms with van der Waals surface area (Å²) in [5.41, 5.74) is 5.99. The van der Waals surface area contributed by atoms with E-state index in [0.29, 0.717) is 5.75 Å². The Morgan fingerprint density at radius 3 is 2.41 bits per heavy atom. The summed E-state index contributed by atoms with van der Waals surface area (Å²) in [6.07, 6.45) is 3.82. The van der Waals surface area contributed by atoms with Crippen LogP contribution in [-0.4, -0.2) is 10.1 Å². The standard InChI is InChI=1S/C24H22N2O/c1-17-6-2-4-8-20(17)21-11-10-18(23-16-25-13-12-22(21)23)14-26-15-19-7-3-5-9-24(19)27/h2-13,16,26-27H,14-15H2,1H3/p+1. The summed E-state index contributed by atoms with van der Waals surface area (Å²) >= 11 is 0. The van der Waals surface area contributed by atoms with E-state index >= 15 is 0 Å². The number of nitrogens with two attached hydrogens (primary N) is 1. The zero-order valence-corrected chi connectivity index (χ0v) is 15.4. The van der Waals surface area contributed by atoms with Crippen molar-refractivity contribution in [3.05, 3.63) is 95.8 Å². The van der Waals surface area contributed by atoms with Gasteiger partial charge in [-0.2, -0.15) is 0 Å². The Morgan fingerprint density at radius 1 is 0.778 bits per heavy atom. The molecule has 0 aliphatic carbocycles. The number of phenolic OH excluding ortho intramolecular Hbond substituents is 1. The Balaban J connectivity index is 1.64. The number of rotatable bonds is 5. The summed E-state index contributed by atoms with van der Waals surface area (Å²) in [5, 5.41) is 14.6. The van der Waals surface area contributed by atoms with Crippen molar-refractivity contribution >= 4 is 10.8 Å². The molecule has 0 radical (unpaired) electrons. The molecule has 3 aromatic carbocycles. The summed E-state index contributed by atoms with van der Waals surface area (Å²) in [7, 11) is 0. The predicted octanol–water partition coefficient (Wildman–Crippen LogP) is 4.18. The van der Waals surface area contributed by atoms with E-state index in [9.17, 15) is 5.11 Å². The Kier molecular flexibility index (Phi) is 4.86. The molecule has 0 amide bonds. The first-order chi connectivity index (χ1) is 13.2. The molecule has 0 unspecified atom stereocenters. The summed E-state index contributed by atoms with van der Waals surface area (Å²) < 4.78 is 0. The van der Waals surface area contributed by atoms with Gasteiger partial charge in [0.2, 0.25) is 0 Å². The van der Waals surface area contributed by atoms with Crippen LogP contribution in [0.25, 0.3) is 21.9 Å². The van der Waals surface area contributed by atoms with Crippen molar-refractivity contribution in [2.75, 3.05) is 0 Å². The van der Waals surface area contributed by atoms with Crippen molar-refractivity contribution in [2.45, 2.75) is 20.0 Å². The van der Waals surface area contributed by atoms with Gasteiger partial charge >= 0.3 is 0 Å². The number of pyridine rings is 1. The highest BCUT2D eigenvalue weighted by molar-refractivity contribution is 5.98. The minimum atomic E-state index is 0.357. The van der Waals surface area contributed by atoms with Crippen LogP contribution in [0.4, 0.5) is 0 Å². The van der Waals surface area contributed by atoms with E-state index in [2.05, 4.69) is 59.7 Å². The topological polar surface area (TPSA) is 49.7 Å². The molecule has 4 aromatic rings. The first-order valence-corrected chi connectivity index (χ1v) is 9.24. The highest BCUT2D eigenvalue weighted by Crippen LogP contribution is 2.32. The Bertz CT molecular complexity index is 1090. The van der Waals surface area contributed by atoms with Crippen LogP contribution in [0.15, 0.2) is 79.1 Å². The Labute approximate surface area is 159 Å². The molecular formula is C24H23N2O+. The first kappa shape index (κ1) is 17.3. The lowest BCUT2D eigenvalue weighted by Crippen LogP contribution is -2.80. The fourth-order valence-corrected chi connectivity index (χ4v) is 3.60. The number of aromatic nitrogens is 1. The van der Waals surface area contributed by atoms with Crippen molar-refractivity contribution in [3.8, 4) is 16.9 Å². The number of nitrogens with zero attached hydrogens (tertiary/aromatic N) is 1. The minimum absolute atomic E-state index is 0.357. The van der Waals surface area contributed by atoms with Gasteiger partial charge in [-0.05, 0) is 47.2 Å². The maximum Gasteiger partial charge on any atom is 0.124 e. The van der Waals surface area contributed by atoms with E-state index < -0.39 is 0 Å². The summed E-state index contributed by atoms with van der Waals surface area (Å²) in [6.45, 7) is 3.73. The van der Waals surface area contributed by atoms with Gasteiger partial charge in [-0.25, -0.2) is 0 Å². The van der Waals surface area contributed by atoms with Gasteiger partial charge in [0.25, 0.3) is 0 Å². The normalized spacial score (nSPS) is 11.0. The number of benzene rings is 3. The van der Waals surface area contributed by atoms with Crippen LogP contribution >= 0.6 is 0 Å². The second-order valence-corrected chi connectivity index (χ2v) is 6.83. The van der Waals surface area contributed by atoms with Crippen molar-refractivity contribution in [1.29, 1.82) is 0 Å². The molecule has 1 aromatic heterocycles. The lowest BCUT2D eigenvalue weighted by atomic mass is 9.94. The van der Waals surface area contributed by atoms with Gasteiger partial charge in [0.1, 0.15) is 18.8 Å². The molecule has 4 rings (SSSR count). The maximum absolute atomic E-state index is 9.94. The molecule has 27 heavy (non-hydrogen) atoms. The molecular weight excluding hydrogens is 332 g/mol. The highest BCUT2D eigenvalue weighted by Gasteiger charge is 2.11. The van der Waals surface area contributed by atoms with Gasteiger partial charge in [0, 0.05) is 28.9 Å². The molecule has 0 aliphatic heterocycles. The molecule has 3 nitrogen and oxygen atoms in total. The van der Waals surface area contributed by atoms with E-state index in [-0.39, 0.29) is 0 Å². The van der Waals surface area contributed by atoms with Crippen LogP contribution in [0.3, 0.4) is 0 Å². The van der Waals surface area contributed by atoms with E-state index in [4.69, 9.17) is 0 Å². The molecule has 0 aliphatic rings. The third kappa shape index (κ3) is 3.55. The van der Waals surface area contributed by atoms with Crippen LogP contribution in [0, 0.1) is 6.92 Å². The SMILES string of the molecule is Cc1ccccc1-c1ccc(C[NH2+]Cc2ccccc2O)c2cnccc12. The summed E-state index contributed by atoms with van der Waals surface area (Å²) in [4.78, 5) is 4.36. The second kappa shape index (κ2) is 7.60. The van der Waals surface area contributed by atoms with Gasteiger partial charge in [0.05, 0.1) is 0 Å². The molecule has 3 N–H and O–H groups in total. The second-order valence-electron chi connectivity index (χ2n) is 6.83. The quantitative estimate of drug-likeness (QED) is 0.564. The first-order valence-electron chi connectivity index (χ1n) is 9.24. The average Bonchev–Trinajstić information content (AvgIpc) is 2.70. The minimum Gasteiger partial charge on any atom is -0.507 e. The summed E-state index contributed by atoms with van der Waals surface area (Å²) in [5.74, 6) is 0.357. The van der Waals surface area contributed by atoms with Crippen molar-refractivity contribution in [1.82, 2.24) is 4.98 Å². The third-order valence-corrected chi connectivity index (χ3v) is 5.06. The van der Waals surface area contributed by atoms with Gasteiger partial charge < -0.3 is 10.4 Å². The number of para-hydroxylation sites is 1. The zero-order chi connectivity index (χ0) is 18.6. The fourth-order valence-electron chi connectivity index (χ4n) is 3.60. The van der Waals surface area contributed by atoms with Gasteiger partial charge in [0.15, 0.2) is 0 Å². The number of fused-ring (bicyclic) bond motifs is 1. The van der Waals surface area contributed by atoms with Crippen LogP contribution < -0.4 is 5.32 Å². The molecule has 1 heterocycles. The van der Waals surface area contributed by atoms with Gasteiger partial charge in [-0.1, -0.05) is 48.5 Å². The molecule has 0 saturated heterocycles. The summed E-state index contributed by atoms with van der Waals surface area (Å²) in [6, 6.07) is 22.5. The zero-order valence-electron chi connectivity index (χ0n) is 15.4. The van der Waals surface area contributed by atoms with Crippen LogP contribution in [0.5, 0.6) is 5.75 Å². The largest absolute Gasteiger partial charge is 0.507 e. The Morgan fingerprint density at radius 2 is 1.56 bits per heavy atom. The number of hydrogen-bond donors (Lipinski definition) is 2. The smallest absolute Gasteiger partial charge is 0.124 e. The van der Waals surface area contributed by atoms with E-state index in [1.54, 1.807) is 6.07 Å². The van der Waals surface area contributed by atoms with Crippen molar-refractivity contribution < 1.29 is 10.4 Å². The molecule has 0 spiro atoms. The molecule has 0 saturated carbocycles. The van der Waals surface area contributed by atoms with E-state index in [0.717, 1.165) is 18.7 Å². The number of aromatic hydroxyl groups is 1. The molecule has 3 heteroatoms. The van der Waals surface area contributed by atoms with Crippen molar-refractivity contribution in [3.63, 3.8) is 0 Å².